The maximum Gasteiger partial charge on any atom is 0.506 e. The summed E-state index contributed by atoms with van der Waals surface area (Å²) in [6.45, 7) is 15.8. The van der Waals surface area contributed by atoms with E-state index >= 15 is 0 Å². The Labute approximate surface area is 242 Å². The minimum Gasteiger partial charge on any atom is -0.358 e. The number of hydrogen-bond donors (Lipinski definition) is 0. The number of rotatable bonds is 22. The highest BCUT2D eigenvalue weighted by atomic mass is 31.2. The summed E-state index contributed by atoms with van der Waals surface area (Å²) in [5, 5.41) is 0. The summed E-state index contributed by atoms with van der Waals surface area (Å²) in [4.78, 5) is 0. The first-order valence-electron chi connectivity index (χ1n) is 14.5. The van der Waals surface area contributed by atoms with Crippen molar-refractivity contribution in [2.45, 2.75) is 117 Å². The zero-order valence-corrected chi connectivity index (χ0v) is 29.5. The fraction of sp³-hybridized carbons (Fsp3) is 1.00. The van der Waals surface area contributed by atoms with Gasteiger partial charge in [0.15, 0.2) is 0 Å². The zero-order chi connectivity index (χ0) is 30.5. The van der Waals surface area contributed by atoms with Crippen LogP contribution in [0.4, 0.5) is 0 Å². The van der Waals surface area contributed by atoms with Crippen molar-refractivity contribution < 1.29 is 54.1 Å². The van der Waals surface area contributed by atoms with Crippen LogP contribution in [0.5, 0.6) is 0 Å². The van der Waals surface area contributed by atoms with Gasteiger partial charge in [0.2, 0.25) is 0 Å². The maximum absolute atomic E-state index is 13.8. The molecule has 240 valence electrons. The SMILES string of the molecule is CCOP(=O)(OCC)C(C)O[Si](OC(C)P(=O)(OCC)OCC)(OC(C)P(=O)(OCC)OCC)C1CCCCC1. The van der Waals surface area contributed by atoms with Crippen LogP contribution in [0.25, 0.3) is 0 Å². The molecule has 0 saturated heterocycles. The Hall–Kier alpha value is 0.547. The molecule has 1 rings (SSSR count). The van der Waals surface area contributed by atoms with E-state index in [-0.39, 0.29) is 45.2 Å². The Bertz CT molecular complexity index is 734. The standard InChI is InChI=1S/C24H53O12P3Si/c1-10-28-37(25,29-11-2)21(7)34-40(24-19-17-16-18-20-24,35-22(8)38(26,30-12-3)31-13-4)36-23(9)39(27,32-14-5)33-15-6/h21-24H,10-20H2,1-9H3. The van der Waals surface area contributed by atoms with Crippen molar-refractivity contribution in [1.29, 1.82) is 0 Å². The molecule has 3 atom stereocenters. The minimum atomic E-state index is -4.08. The van der Waals surface area contributed by atoms with Gasteiger partial charge in [0.05, 0.1) is 39.6 Å². The molecule has 0 radical (unpaired) electrons. The molecule has 0 aliphatic heterocycles. The fourth-order valence-corrected chi connectivity index (χ4v) is 14.4. The largest absolute Gasteiger partial charge is 0.506 e. The first-order valence-corrected chi connectivity index (χ1v) is 21.2. The molecule has 40 heavy (non-hydrogen) atoms. The van der Waals surface area contributed by atoms with Crippen LogP contribution in [0.15, 0.2) is 0 Å². The Morgan fingerprint density at radius 2 is 0.775 bits per heavy atom. The van der Waals surface area contributed by atoms with Gasteiger partial charge in [0.1, 0.15) is 17.5 Å². The fourth-order valence-electron chi connectivity index (χ4n) is 4.56. The molecule has 0 spiro atoms. The second-order valence-electron chi connectivity index (χ2n) is 9.22. The van der Waals surface area contributed by atoms with Crippen LogP contribution in [-0.4, -0.2) is 66.0 Å². The molecule has 0 bridgehead atoms. The first kappa shape index (κ1) is 38.6. The van der Waals surface area contributed by atoms with Gasteiger partial charge in [0.25, 0.3) is 0 Å². The summed E-state index contributed by atoms with van der Waals surface area (Å²) < 4.78 is 94.6. The highest BCUT2D eigenvalue weighted by Gasteiger charge is 2.59. The van der Waals surface area contributed by atoms with Crippen molar-refractivity contribution in [1.82, 2.24) is 0 Å². The van der Waals surface area contributed by atoms with Crippen molar-refractivity contribution >= 4 is 31.6 Å². The molecule has 0 heterocycles. The van der Waals surface area contributed by atoms with Crippen LogP contribution in [0, 0.1) is 0 Å². The highest BCUT2D eigenvalue weighted by molar-refractivity contribution is 7.55. The molecule has 1 fully saturated rings. The Morgan fingerprint density at radius 1 is 0.525 bits per heavy atom. The van der Waals surface area contributed by atoms with Crippen LogP contribution in [0.2, 0.25) is 5.54 Å². The third kappa shape index (κ3) is 10.6. The average Bonchev–Trinajstić information content (AvgIpc) is 2.89. The summed E-state index contributed by atoms with van der Waals surface area (Å²) in [6, 6.07) is 0. The van der Waals surface area contributed by atoms with Gasteiger partial charge in [-0.15, -0.1) is 0 Å². The monoisotopic (exact) mass is 654 g/mol. The topological polar surface area (TPSA) is 134 Å². The molecule has 1 aliphatic rings. The van der Waals surface area contributed by atoms with Crippen LogP contribution in [0.1, 0.15) is 94.4 Å². The third-order valence-electron chi connectivity index (χ3n) is 6.30. The molecule has 0 aromatic carbocycles. The lowest BCUT2D eigenvalue weighted by Gasteiger charge is -2.43. The molecule has 3 unspecified atom stereocenters. The van der Waals surface area contributed by atoms with E-state index < -0.39 is 49.1 Å². The van der Waals surface area contributed by atoms with E-state index in [9.17, 15) is 13.7 Å². The summed E-state index contributed by atoms with van der Waals surface area (Å²) >= 11 is 0. The van der Waals surface area contributed by atoms with Crippen molar-refractivity contribution in [2.24, 2.45) is 0 Å². The van der Waals surface area contributed by atoms with Gasteiger partial charge in [-0.2, -0.15) is 0 Å². The summed E-state index contributed by atoms with van der Waals surface area (Å²) in [5.41, 5.74) is -0.293. The molecular formula is C24H53O12P3Si. The predicted molar refractivity (Wildman–Crippen MR) is 157 cm³/mol. The van der Waals surface area contributed by atoms with Gasteiger partial charge in [-0.05, 0) is 75.2 Å². The zero-order valence-electron chi connectivity index (χ0n) is 25.8. The second kappa shape index (κ2) is 18.4. The second-order valence-corrected chi connectivity index (χ2v) is 18.9. The third-order valence-corrected chi connectivity index (χ3v) is 17.2. The van der Waals surface area contributed by atoms with Gasteiger partial charge in [-0.1, -0.05) is 19.3 Å². The summed E-state index contributed by atoms with van der Waals surface area (Å²) in [6.07, 6.45) is 4.12. The molecule has 0 aromatic heterocycles. The van der Waals surface area contributed by atoms with Crippen molar-refractivity contribution in [3.63, 3.8) is 0 Å². The first-order chi connectivity index (χ1) is 18.9. The van der Waals surface area contributed by atoms with Crippen molar-refractivity contribution in [3.05, 3.63) is 0 Å². The molecular weight excluding hydrogens is 601 g/mol. The van der Waals surface area contributed by atoms with E-state index in [1.54, 1.807) is 62.3 Å². The lowest BCUT2D eigenvalue weighted by Crippen LogP contribution is -2.55. The highest BCUT2D eigenvalue weighted by Crippen LogP contribution is 2.60. The van der Waals surface area contributed by atoms with Gasteiger partial charge in [-0.25, -0.2) is 0 Å². The van der Waals surface area contributed by atoms with E-state index in [0.29, 0.717) is 12.8 Å². The van der Waals surface area contributed by atoms with Gasteiger partial charge < -0.3 is 40.4 Å². The lowest BCUT2D eigenvalue weighted by atomic mass is 10.0. The Morgan fingerprint density at radius 3 is 1.00 bits per heavy atom. The predicted octanol–water partition coefficient (Wildman–Crippen LogP) is 8.15. The van der Waals surface area contributed by atoms with Crippen molar-refractivity contribution in [3.8, 4) is 0 Å². The molecule has 16 heteroatoms. The van der Waals surface area contributed by atoms with Crippen LogP contribution < -0.4 is 0 Å². The van der Waals surface area contributed by atoms with Crippen molar-refractivity contribution in [2.75, 3.05) is 39.6 Å². The lowest BCUT2D eigenvalue weighted by molar-refractivity contribution is 0.00451. The quantitative estimate of drug-likeness (QED) is 0.0823. The smallest absolute Gasteiger partial charge is 0.358 e. The van der Waals surface area contributed by atoms with E-state index in [1.807, 2.05) is 0 Å². The summed E-state index contributed by atoms with van der Waals surface area (Å²) in [7, 11) is -15.4. The Kier molecular flexibility index (Phi) is 17.7. The van der Waals surface area contributed by atoms with Gasteiger partial charge in [0, 0.05) is 5.54 Å². The Balaban J connectivity index is 3.75. The molecule has 1 saturated carbocycles. The van der Waals surface area contributed by atoms with E-state index in [2.05, 4.69) is 0 Å². The van der Waals surface area contributed by atoms with Gasteiger partial charge >= 0.3 is 31.6 Å². The molecule has 0 aromatic rings. The van der Waals surface area contributed by atoms with E-state index in [4.69, 9.17) is 40.4 Å². The normalized spacial score (nSPS) is 19.7. The number of hydrogen-bond acceptors (Lipinski definition) is 12. The molecule has 12 nitrogen and oxygen atoms in total. The summed E-state index contributed by atoms with van der Waals surface area (Å²) in [5.74, 6) is -3.34. The minimum absolute atomic E-state index is 0.130. The van der Waals surface area contributed by atoms with E-state index in [0.717, 1.165) is 19.3 Å². The van der Waals surface area contributed by atoms with Crippen LogP contribution in [-0.2, 0) is 54.1 Å². The molecule has 1 aliphatic carbocycles. The maximum atomic E-state index is 13.8. The van der Waals surface area contributed by atoms with Crippen LogP contribution in [0.3, 0.4) is 0 Å². The van der Waals surface area contributed by atoms with Gasteiger partial charge in [-0.3, -0.25) is 13.7 Å². The van der Waals surface area contributed by atoms with E-state index in [1.165, 1.54) is 0 Å². The average molecular weight is 655 g/mol. The van der Waals surface area contributed by atoms with Crippen LogP contribution >= 0.6 is 22.8 Å². The molecule has 0 N–H and O–H groups in total. The molecule has 0 amide bonds.